The first-order chi connectivity index (χ1) is 19.7. The molecule has 0 aliphatic carbocycles. The summed E-state index contributed by atoms with van der Waals surface area (Å²) in [5.41, 5.74) is 4.22. The van der Waals surface area contributed by atoms with Gasteiger partial charge in [-0.15, -0.1) is 0 Å². The highest BCUT2D eigenvalue weighted by Crippen LogP contribution is 2.46. The highest BCUT2D eigenvalue weighted by atomic mass is 16.5. The maximum Gasteiger partial charge on any atom is 0.127 e. The standard InChI is InChI=1S/C36H30O4/c1-37-33-19-13-27-21-29(39-23-25-9-5-3-6-10-25)15-17-31(27)35(33)36-32-18-16-30(22-28(32)14-20-34(36)38-2)40-24-26-11-7-4-8-12-26/h3-22H,23-24H2,1-2H3. The zero-order chi connectivity index (χ0) is 27.3. The van der Waals surface area contributed by atoms with Crippen LogP contribution in [0.1, 0.15) is 11.1 Å². The van der Waals surface area contributed by atoms with Crippen LogP contribution >= 0.6 is 0 Å². The van der Waals surface area contributed by atoms with E-state index < -0.39 is 0 Å². The van der Waals surface area contributed by atoms with E-state index >= 15 is 0 Å². The Kier molecular flexibility index (Phi) is 7.23. The monoisotopic (exact) mass is 526 g/mol. The van der Waals surface area contributed by atoms with E-state index in [2.05, 4.69) is 60.7 Å². The normalized spacial score (nSPS) is 10.9. The van der Waals surface area contributed by atoms with Crippen molar-refractivity contribution in [2.45, 2.75) is 13.2 Å². The van der Waals surface area contributed by atoms with Gasteiger partial charge in [0.1, 0.15) is 36.2 Å². The summed E-state index contributed by atoms with van der Waals surface area (Å²) in [6.07, 6.45) is 0. The van der Waals surface area contributed by atoms with E-state index in [9.17, 15) is 0 Å². The van der Waals surface area contributed by atoms with Crippen molar-refractivity contribution in [1.29, 1.82) is 0 Å². The molecule has 0 aliphatic heterocycles. The zero-order valence-electron chi connectivity index (χ0n) is 22.6. The molecule has 0 aliphatic rings. The first-order valence-corrected chi connectivity index (χ1v) is 13.3. The van der Waals surface area contributed by atoms with Crippen LogP contribution in [0, 0.1) is 0 Å². The number of benzene rings is 6. The molecule has 0 bridgehead atoms. The average Bonchev–Trinajstić information content (AvgIpc) is 3.02. The second-order valence-electron chi connectivity index (χ2n) is 9.60. The molecule has 0 saturated carbocycles. The predicted octanol–water partition coefficient (Wildman–Crippen LogP) is 8.84. The van der Waals surface area contributed by atoms with E-state index in [1.807, 2.05) is 60.7 Å². The number of ether oxygens (including phenoxy) is 4. The van der Waals surface area contributed by atoms with Gasteiger partial charge in [0.05, 0.1) is 14.2 Å². The molecule has 4 heteroatoms. The molecule has 0 radical (unpaired) electrons. The van der Waals surface area contributed by atoms with Crippen LogP contribution in [0.3, 0.4) is 0 Å². The predicted molar refractivity (Wildman–Crippen MR) is 162 cm³/mol. The van der Waals surface area contributed by atoms with Crippen LogP contribution in [0.4, 0.5) is 0 Å². The van der Waals surface area contributed by atoms with Gasteiger partial charge in [-0.25, -0.2) is 0 Å². The van der Waals surface area contributed by atoms with Gasteiger partial charge in [0.25, 0.3) is 0 Å². The summed E-state index contributed by atoms with van der Waals surface area (Å²) < 4.78 is 24.0. The van der Waals surface area contributed by atoms with Gasteiger partial charge in [0.2, 0.25) is 0 Å². The minimum absolute atomic E-state index is 0.515. The second kappa shape index (κ2) is 11.4. The molecular weight excluding hydrogens is 496 g/mol. The van der Waals surface area contributed by atoms with Crippen molar-refractivity contribution in [3.05, 3.63) is 132 Å². The van der Waals surface area contributed by atoms with E-state index in [0.717, 1.165) is 66.8 Å². The lowest BCUT2D eigenvalue weighted by molar-refractivity contribution is 0.306. The summed E-state index contributed by atoms with van der Waals surface area (Å²) >= 11 is 0. The third kappa shape index (κ3) is 5.16. The molecule has 4 nitrogen and oxygen atoms in total. The van der Waals surface area contributed by atoms with E-state index in [1.54, 1.807) is 14.2 Å². The van der Waals surface area contributed by atoms with Gasteiger partial charge in [-0.05, 0) is 81.2 Å². The van der Waals surface area contributed by atoms with Crippen LogP contribution in [0.2, 0.25) is 0 Å². The first-order valence-electron chi connectivity index (χ1n) is 13.3. The topological polar surface area (TPSA) is 36.9 Å². The van der Waals surface area contributed by atoms with Gasteiger partial charge in [0, 0.05) is 11.1 Å². The summed E-state index contributed by atoms with van der Waals surface area (Å²) in [5.74, 6) is 3.19. The molecular formula is C36H30O4. The van der Waals surface area contributed by atoms with Crippen molar-refractivity contribution in [2.75, 3.05) is 14.2 Å². The van der Waals surface area contributed by atoms with E-state index in [4.69, 9.17) is 18.9 Å². The van der Waals surface area contributed by atoms with Gasteiger partial charge in [0.15, 0.2) is 0 Å². The quantitative estimate of drug-likeness (QED) is 0.189. The van der Waals surface area contributed by atoms with E-state index in [-0.39, 0.29) is 0 Å². The van der Waals surface area contributed by atoms with Crippen LogP contribution in [-0.4, -0.2) is 14.2 Å². The molecule has 0 saturated heterocycles. The van der Waals surface area contributed by atoms with Crippen LogP contribution in [-0.2, 0) is 13.2 Å². The van der Waals surface area contributed by atoms with Crippen molar-refractivity contribution in [1.82, 2.24) is 0 Å². The van der Waals surface area contributed by atoms with Crippen molar-refractivity contribution >= 4 is 21.5 Å². The van der Waals surface area contributed by atoms with Gasteiger partial charge in [-0.3, -0.25) is 0 Å². The number of methoxy groups -OCH3 is 2. The summed E-state index contributed by atoms with van der Waals surface area (Å²) in [7, 11) is 3.41. The molecule has 0 heterocycles. The van der Waals surface area contributed by atoms with Crippen LogP contribution in [0.5, 0.6) is 23.0 Å². The zero-order valence-corrected chi connectivity index (χ0v) is 22.6. The molecule has 0 spiro atoms. The van der Waals surface area contributed by atoms with Gasteiger partial charge >= 0.3 is 0 Å². The lowest BCUT2D eigenvalue weighted by Gasteiger charge is -2.18. The van der Waals surface area contributed by atoms with Gasteiger partial charge in [-0.2, -0.15) is 0 Å². The Hall–Kier alpha value is -4.96. The molecule has 0 fully saturated rings. The highest BCUT2D eigenvalue weighted by Gasteiger charge is 2.19. The lowest BCUT2D eigenvalue weighted by atomic mass is 9.92. The fourth-order valence-electron chi connectivity index (χ4n) is 5.09. The van der Waals surface area contributed by atoms with Crippen LogP contribution in [0.15, 0.2) is 121 Å². The maximum atomic E-state index is 6.12. The molecule has 40 heavy (non-hydrogen) atoms. The maximum absolute atomic E-state index is 6.12. The summed E-state index contributed by atoms with van der Waals surface area (Å²) in [5, 5.41) is 4.23. The molecule has 6 aromatic rings. The molecule has 0 aromatic heterocycles. The molecule has 6 rings (SSSR count). The lowest BCUT2D eigenvalue weighted by Crippen LogP contribution is -1.97. The Bertz CT molecular complexity index is 1630. The third-order valence-electron chi connectivity index (χ3n) is 7.09. The molecule has 0 amide bonds. The molecule has 6 aromatic carbocycles. The highest BCUT2D eigenvalue weighted by molar-refractivity contribution is 6.10. The second-order valence-corrected chi connectivity index (χ2v) is 9.60. The Morgan fingerprint density at radius 1 is 0.450 bits per heavy atom. The van der Waals surface area contributed by atoms with E-state index in [0.29, 0.717) is 13.2 Å². The van der Waals surface area contributed by atoms with Gasteiger partial charge in [-0.1, -0.05) is 72.8 Å². The number of rotatable bonds is 9. The Morgan fingerprint density at radius 3 is 1.27 bits per heavy atom. The van der Waals surface area contributed by atoms with Gasteiger partial charge < -0.3 is 18.9 Å². The fourth-order valence-corrected chi connectivity index (χ4v) is 5.09. The first kappa shape index (κ1) is 25.3. The Balaban J connectivity index is 1.40. The molecule has 198 valence electrons. The summed E-state index contributed by atoms with van der Waals surface area (Å²) in [6.45, 7) is 1.03. The van der Waals surface area contributed by atoms with Crippen LogP contribution in [0.25, 0.3) is 32.7 Å². The van der Waals surface area contributed by atoms with Crippen molar-refractivity contribution < 1.29 is 18.9 Å². The largest absolute Gasteiger partial charge is 0.496 e. The van der Waals surface area contributed by atoms with E-state index in [1.165, 1.54) is 0 Å². The summed E-state index contributed by atoms with van der Waals surface area (Å²) in [6, 6.07) is 40.9. The van der Waals surface area contributed by atoms with Crippen LogP contribution < -0.4 is 18.9 Å². The summed E-state index contributed by atoms with van der Waals surface area (Å²) in [4.78, 5) is 0. The minimum atomic E-state index is 0.515. The SMILES string of the molecule is COc1ccc2cc(OCc3ccccc3)ccc2c1-c1c(OC)ccc2cc(OCc3ccccc3)ccc12. The number of fused-ring (bicyclic) bond motifs is 2. The Morgan fingerprint density at radius 2 is 0.875 bits per heavy atom. The molecule has 0 atom stereocenters. The fraction of sp³-hybridized carbons (Fsp3) is 0.111. The third-order valence-corrected chi connectivity index (χ3v) is 7.09. The van der Waals surface area contributed by atoms with Crippen molar-refractivity contribution in [3.8, 4) is 34.1 Å². The smallest absolute Gasteiger partial charge is 0.127 e. The Labute approximate surface area is 234 Å². The number of hydrogen-bond acceptors (Lipinski definition) is 4. The average molecular weight is 527 g/mol. The van der Waals surface area contributed by atoms with Crippen molar-refractivity contribution in [2.24, 2.45) is 0 Å². The number of hydrogen-bond donors (Lipinski definition) is 0. The minimum Gasteiger partial charge on any atom is -0.496 e. The molecule has 0 unspecified atom stereocenters. The molecule has 0 N–H and O–H groups in total. The van der Waals surface area contributed by atoms with Crippen molar-refractivity contribution in [3.63, 3.8) is 0 Å².